The average Bonchev–Trinajstić information content (AvgIpc) is 3.03. The summed E-state index contributed by atoms with van der Waals surface area (Å²) < 4.78 is 10.5. The molecule has 0 aliphatic carbocycles. The number of carbonyl (C=O) groups is 2. The van der Waals surface area contributed by atoms with Gasteiger partial charge in [0.05, 0.1) is 30.9 Å². The summed E-state index contributed by atoms with van der Waals surface area (Å²) in [4.78, 5) is 29.6. The molecule has 0 bridgehead atoms. The molecule has 7 nitrogen and oxygen atoms in total. The molecule has 0 spiro atoms. The van der Waals surface area contributed by atoms with Crippen molar-refractivity contribution in [3.63, 3.8) is 0 Å². The lowest BCUT2D eigenvalue weighted by atomic mass is 9.95. The van der Waals surface area contributed by atoms with Gasteiger partial charge in [0.25, 0.3) is 11.7 Å². The molecule has 1 amide bonds. The van der Waals surface area contributed by atoms with Crippen LogP contribution in [0.4, 0.5) is 0 Å². The van der Waals surface area contributed by atoms with E-state index in [4.69, 9.17) is 21.1 Å². The van der Waals surface area contributed by atoms with E-state index in [0.29, 0.717) is 35.6 Å². The van der Waals surface area contributed by atoms with E-state index >= 15 is 0 Å². The Morgan fingerprint density at radius 2 is 1.88 bits per heavy atom. The number of carbonyl (C=O) groups excluding carboxylic acids is 2. The number of benzene rings is 2. The van der Waals surface area contributed by atoms with Crippen LogP contribution in [0, 0.1) is 0 Å². The van der Waals surface area contributed by atoms with Gasteiger partial charge in [0.1, 0.15) is 17.3 Å². The van der Waals surface area contributed by atoms with E-state index in [1.807, 2.05) is 25.1 Å². The summed E-state index contributed by atoms with van der Waals surface area (Å²) in [5.74, 6) is -0.619. The SMILES string of the molecule is COc1cccc([C@H]2C(=C(O)c3ccc(OC)c(Cl)c3)C(=O)C(=O)N2CCCN(C)C)c1. The molecule has 170 valence electrons. The van der Waals surface area contributed by atoms with E-state index in [9.17, 15) is 14.7 Å². The first-order valence-corrected chi connectivity index (χ1v) is 10.6. The van der Waals surface area contributed by atoms with E-state index in [0.717, 1.165) is 6.54 Å². The molecule has 8 heteroatoms. The molecule has 0 aromatic heterocycles. The molecule has 0 radical (unpaired) electrons. The second kappa shape index (κ2) is 10.1. The van der Waals surface area contributed by atoms with Crippen molar-refractivity contribution in [2.45, 2.75) is 12.5 Å². The van der Waals surface area contributed by atoms with Crippen molar-refractivity contribution < 1.29 is 24.2 Å². The number of nitrogens with zero attached hydrogens (tertiary/aromatic N) is 2. The molecule has 1 fully saturated rings. The Kier molecular flexibility index (Phi) is 7.43. The lowest BCUT2D eigenvalue weighted by Gasteiger charge is -2.26. The third-order valence-corrected chi connectivity index (χ3v) is 5.67. The van der Waals surface area contributed by atoms with Gasteiger partial charge in [-0.05, 0) is 63.0 Å². The molecule has 2 aromatic rings. The Morgan fingerprint density at radius 1 is 1.12 bits per heavy atom. The van der Waals surface area contributed by atoms with Gasteiger partial charge < -0.3 is 24.4 Å². The number of amides is 1. The zero-order valence-electron chi connectivity index (χ0n) is 18.6. The Bertz CT molecular complexity index is 1050. The Hall–Kier alpha value is -3.03. The Morgan fingerprint density at radius 3 is 2.50 bits per heavy atom. The van der Waals surface area contributed by atoms with Crippen LogP contribution in [0.5, 0.6) is 11.5 Å². The van der Waals surface area contributed by atoms with Gasteiger partial charge in [0, 0.05) is 12.1 Å². The van der Waals surface area contributed by atoms with Gasteiger partial charge >= 0.3 is 0 Å². The number of aliphatic hydroxyl groups is 1. The fourth-order valence-electron chi connectivity index (χ4n) is 3.80. The van der Waals surface area contributed by atoms with Crippen molar-refractivity contribution in [2.24, 2.45) is 0 Å². The number of aliphatic hydroxyl groups excluding tert-OH is 1. The van der Waals surface area contributed by atoms with Crippen molar-refractivity contribution in [2.75, 3.05) is 41.4 Å². The third kappa shape index (κ3) is 4.74. The van der Waals surface area contributed by atoms with Gasteiger partial charge in [-0.15, -0.1) is 0 Å². The fourth-order valence-corrected chi connectivity index (χ4v) is 4.05. The van der Waals surface area contributed by atoms with E-state index in [1.54, 1.807) is 37.4 Å². The molecule has 1 aliphatic heterocycles. The number of rotatable bonds is 8. The standard InChI is InChI=1S/C24H27ClN2O5/c1-26(2)11-6-12-27-21(15-7-5-8-17(13-15)31-3)20(23(29)24(27)30)22(28)16-9-10-19(32-4)18(25)14-16/h5,7-10,13-14,21,28H,6,11-12H2,1-4H3/t21-/m0/s1. The highest BCUT2D eigenvalue weighted by Gasteiger charge is 2.45. The maximum absolute atomic E-state index is 13.1. The molecule has 0 saturated carbocycles. The van der Waals surface area contributed by atoms with Crippen molar-refractivity contribution >= 4 is 29.1 Å². The molecule has 0 unspecified atom stereocenters. The van der Waals surface area contributed by atoms with Crippen molar-refractivity contribution in [1.29, 1.82) is 0 Å². The first kappa shape index (κ1) is 23.6. The number of likely N-dealkylation sites (tertiary alicyclic amines) is 1. The topological polar surface area (TPSA) is 79.3 Å². The van der Waals surface area contributed by atoms with Gasteiger partial charge in [-0.2, -0.15) is 0 Å². The minimum absolute atomic E-state index is 0.0225. The van der Waals surface area contributed by atoms with Gasteiger partial charge in [-0.1, -0.05) is 23.7 Å². The van der Waals surface area contributed by atoms with Gasteiger partial charge in [-0.25, -0.2) is 0 Å². The predicted molar refractivity (Wildman–Crippen MR) is 123 cm³/mol. The van der Waals surface area contributed by atoms with E-state index in [1.165, 1.54) is 18.1 Å². The van der Waals surface area contributed by atoms with Crippen molar-refractivity contribution in [1.82, 2.24) is 9.80 Å². The molecular formula is C24H27ClN2O5. The maximum Gasteiger partial charge on any atom is 0.295 e. The first-order valence-electron chi connectivity index (χ1n) is 10.2. The summed E-state index contributed by atoms with van der Waals surface area (Å²) in [6.07, 6.45) is 0.675. The minimum atomic E-state index is -0.742. The highest BCUT2D eigenvalue weighted by atomic mass is 35.5. The number of hydrogen-bond acceptors (Lipinski definition) is 6. The lowest BCUT2D eigenvalue weighted by Crippen LogP contribution is -2.32. The van der Waals surface area contributed by atoms with E-state index in [2.05, 4.69) is 0 Å². The Labute approximate surface area is 192 Å². The van der Waals surface area contributed by atoms with Crippen molar-refractivity contribution in [3.05, 3.63) is 64.2 Å². The molecule has 1 atom stereocenters. The van der Waals surface area contributed by atoms with E-state index in [-0.39, 0.29) is 16.4 Å². The molecule has 1 aliphatic rings. The van der Waals surface area contributed by atoms with E-state index < -0.39 is 17.7 Å². The predicted octanol–water partition coefficient (Wildman–Crippen LogP) is 3.73. The molecule has 3 rings (SSSR count). The van der Waals surface area contributed by atoms with Gasteiger partial charge in [0.2, 0.25) is 0 Å². The third-order valence-electron chi connectivity index (χ3n) is 5.38. The van der Waals surface area contributed by atoms with Gasteiger partial charge in [-0.3, -0.25) is 9.59 Å². The number of Topliss-reactive ketones (excluding diaryl/α,β-unsaturated/α-hetero) is 1. The minimum Gasteiger partial charge on any atom is -0.507 e. The second-order valence-corrected chi connectivity index (χ2v) is 8.18. The van der Waals surface area contributed by atoms with Crippen LogP contribution in [-0.2, 0) is 9.59 Å². The van der Waals surface area contributed by atoms with Crippen LogP contribution >= 0.6 is 11.6 Å². The Balaban J connectivity index is 2.12. The van der Waals surface area contributed by atoms with Crippen LogP contribution in [-0.4, -0.2) is 68.0 Å². The normalized spacial score (nSPS) is 17.8. The summed E-state index contributed by atoms with van der Waals surface area (Å²) in [5.41, 5.74) is 1.03. The summed E-state index contributed by atoms with van der Waals surface area (Å²) in [6.45, 7) is 1.12. The largest absolute Gasteiger partial charge is 0.507 e. The summed E-state index contributed by atoms with van der Waals surface area (Å²) in [7, 11) is 6.93. The number of ether oxygens (including phenoxy) is 2. The van der Waals surface area contributed by atoms with Gasteiger partial charge in [0.15, 0.2) is 0 Å². The van der Waals surface area contributed by atoms with Crippen LogP contribution in [0.15, 0.2) is 48.0 Å². The first-order chi connectivity index (χ1) is 15.3. The smallest absolute Gasteiger partial charge is 0.295 e. The van der Waals surface area contributed by atoms with Crippen LogP contribution < -0.4 is 9.47 Å². The average molecular weight is 459 g/mol. The van der Waals surface area contributed by atoms with Crippen molar-refractivity contribution in [3.8, 4) is 11.5 Å². The van der Waals surface area contributed by atoms with Crippen LogP contribution in [0.3, 0.4) is 0 Å². The van der Waals surface area contributed by atoms with Crippen LogP contribution in [0.1, 0.15) is 23.6 Å². The summed E-state index contributed by atoms with van der Waals surface area (Å²) >= 11 is 6.22. The second-order valence-electron chi connectivity index (χ2n) is 7.78. The summed E-state index contributed by atoms with van der Waals surface area (Å²) in [5, 5.41) is 11.4. The highest BCUT2D eigenvalue weighted by molar-refractivity contribution is 6.46. The molecular weight excluding hydrogens is 432 g/mol. The molecule has 1 N–H and O–H groups in total. The lowest BCUT2D eigenvalue weighted by molar-refractivity contribution is -0.139. The number of ketones is 1. The number of halogens is 1. The monoisotopic (exact) mass is 458 g/mol. The zero-order valence-corrected chi connectivity index (χ0v) is 19.3. The van der Waals surface area contributed by atoms with Crippen LogP contribution in [0.2, 0.25) is 5.02 Å². The number of methoxy groups -OCH3 is 2. The summed E-state index contributed by atoms with van der Waals surface area (Å²) in [6, 6.07) is 11.1. The van der Waals surface area contributed by atoms with Crippen LogP contribution in [0.25, 0.3) is 5.76 Å². The highest BCUT2D eigenvalue weighted by Crippen LogP contribution is 2.41. The maximum atomic E-state index is 13.1. The molecule has 1 heterocycles. The quantitative estimate of drug-likeness (QED) is 0.369. The molecule has 32 heavy (non-hydrogen) atoms. The zero-order chi connectivity index (χ0) is 23.4. The molecule has 1 saturated heterocycles. The fraction of sp³-hybridized carbons (Fsp3) is 0.333. The molecule has 2 aromatic carbocycles. The number of hydrogen-bond donors (Lipinski definition) is 1.